The number of fused-ring (bicyclic) bond motifs is 2. The number of Topliss-reactive ketones (excluding diaryl/α,β-unsaturated/α-hetero) is 1. The van der Waals surface area contributed by atoms with Crippen LogP contribution in [0.15, 0.2) is 18.2 Å². The lowest BCUT2D eigenvalue weighted by molar-refractivity contribution is -0.208. The lowest BCUT2D eigenvalue weighted by atomic mass is 9.39. The number of hydrogen-bond donors (Lipinski definition) is 0. The second-order valence-corrected chi connectivity index (χ2v) is 9.52. The molecule has 4 aliphatic rings. The second-order valence-electron chi connectivity index (χ2n) is 9.52. The van der Waals surface area contributed by atoms with Gasteiger partial charge in [0.1, 0.15) is 11.2 Å². The summed E-state index contributed by atoms with van der Waals surface area (Å²) in [5.41, 5.74) is 1.26. The number of piperidine rings is 2. The third-order valence-corrected chi connectivity index (χ3v) is 8.58. The molecule has 5 heteroatoms. The second kappa shape index (κ2) is 6.56. The number of carbonyl (C=O) groups is 2. The molecule has 2 aliphatic heterocycles. The first-order valence-electron chi connectivity index (χ1n) is 10.8. The number of nitrogens with zero attached hydrogens (tertiary/aromatic N) is 1. The minimum Gasteiger partial charge on any atom is -0.497 e. The molecule has 2 saturated heterocycles. The summed E-state index contributed by atoms with van der Waals surface area (Å²) in [5, 5.41) is 0. The Kier molecular flexibility index (Phi) is 4.61. The molecule has 0 radical (unpaired) electrons. The summed E-state index contributed by atoms with van der Waals surface area (Å²) < 4.78 is 11.0. The van der Waals surface area contributed by atoms with E-state index in [-0.39, 0.29) is 28.6 Å². The highest BCUT2D eigenvalue weighted by molar-refractivity contribution is 6.05. The molecule has 5 unspecified atom stereocenters. The molecular weight excluding hydrogens is 366 g/mol. The van der Waals surface area contributed by atoms with E-state index in [1.165, 1.54) is 11.1 Å². The van der Waals surface area contributed by atoms with Crippen molar-refractivity contribution in [3.63, 3.8) is 0 Å². The van der Waals surface area contributed by atoms with Crippen LogP contribution in [0.2, 0.25) is 0 Å². The molecule has 0 amide bonds. The fraction of sp³-hybridized carbons (Fsp3) is 0.667. The highest BCUT2D eigenvalue weighted by Gasteiger charge is 2.73. The molecule has 1 aromatic rings. The van der Waals surface area contributed by atoms with Gasteiger partial charge in [0.05, 0.1) is 13.7 Å². The number of hydrogen-bond acceptors (Lipinski definition) is 5. The molecule has 29 heavy (non-hydrogen) atoms. The van der Waals surface area contributed by atoms with Gasteiger partial charge in [-0.15, -0.1) is 0 Å². The van der Waals surface area contributed by atoms with Gasteiger partial charge in [0.15, 0.2) is 5.78 Å². The van der Waals surface area contributed by atoms with Crippen molar-refractivity contribution in [2.24, 2.45) is 10.8 Å². The van der Waals surface area contributed by atoms with Gasteiger partial charge in [0.25, 0.3) is 0 Å². The van der Waals surface area contributed by atoms with Crippen molar-refractivity contribution in [1.29, 1.82) is 0 Å². The van der Waals surface area contributed by atoms with Crippen molar-refractivity contribution in [2.45, 2.75) is 70.9 Å². The molecular formula is C24H33NO4. The molecule has 2 heterocycles. The molecule has 2 aliphatic carbocycles. The van der Waals surface area contributed by atoms with E-state index in [0.717, 1.165) is 18.6 Å². The third-order valence-electron chi connectivity index (χ3n) is 8.58. The summed E-state index contributed by atoms with van der Waals surface area (Å²) in [6.07, 6.45) is 2.60. The predicted octanol–water partition coefficient (Wildman–Crippen LogP) is 3.52. The quantitative estimate of drug-likeness (QED) is 0.560. The monoisotopic (exact) mass is 399 g/mol. The van der Waals surface area contributed by atoms with Gasteiger partial charge in [-0.3, -0.25) is 14.5 Å². The van der Waals surface area contributed by atoms with Crippen LogP contribution in [0.5, 0.6) is 5.75 Å². The molecule has 0 spiro atoms. The summed E-state index contributed by atoms with van der Waals surface area (Å²) >= 11 is 0. The van der Waals surface area contributed by atoms with Crippen LogP contribution in [0.3, 0.4) is 0 Å². The Morgan fingerprint density at radius 1 is 1.21 bits per heavy atom. The van der Waals surface area contributed by atoms with Crippen molar-refractivity contribution < 1.29 is 19.1 Å². The number of likely N-dealkylation sites (N-methyl/N-ethyl adjacent to an activating group) is 1. The average Bonchev–Trinajstić information content (AvgIpc) is 2.71. The molecule has 5 nitrogen and oxygen atoms in total. The van der Waals surface area contributed by atoms with E-state index in [2.05, 4.69) is 37.9 Å². The highest BCUT2D eigenvalue weighted by Crippen LogP contribution is 2.68. The van der Waals surface area contributed by atoms with E-state index in [1.54, 1.807) is 7.11 Å². The number of methoxy groups -OCH3 is 1. The number of carbonyl (C=O) groups excluding carboxylic acids is 2. The zero-order valence-corrected chi connectivity index (χ0v) is 18.5. The first-order chi connectivity index (χ1) is 13.7. The van der Waals surface area contributed by atoms with Gasteiger partial charge in [-0.05, 0) is 61.9 Å². The maximum Gasteiger partial charge on any atom is 0.321 e. The van der Waals surface area contributed by atoms with E-state index in [1.807, 2.05) is 19.9 Å². The van der Waals surface area contributed by atoms with Crippen LogP contribution < -0.4 is 4.74 Å². The Balaban J connectivity index is 1.90. The van der Waals surface area contributed by atoms with E-state index in [0.29, 0.717) is 25.5 Å². The van der Waals surface area contributed by atoms with E-state index >= 15 is 0 Å². The Morgan fingerprint density at radius 2 is 1.93 bits per heavy atom. The minimum atomic E-state index is -1.07. The zero-order valence-electron chi connectivity index (χ0n) is 18.5. The van der Waals surface area contributed by atoms with Gasteiger partial charge in [-0.25, -0.2) is 0 Å². The van der Waals surface area contributed by atoms with Gasteiger partial charge in [-0.2, -0.15) is 0 Å². The standard InChI is InChI=1S/C24H33NO4/c1-7-20(26)24(21(27)29-8-2)14-23(4)18-11-15-9-10-16(28-6)12-17(15)22(23,3)13-19(24)25(18)5/h9-10,12,18-19H,7-8,11,13-14H2,1-6H3. The van der Waals surface area contributed by atoms with Crippen molar-refractivity contribution in [1.82, 2.24) is 4.90 Å². The van der Waals surface area contributed by atoms with Crippen LogP contribution in [-0.4, -0.2) is 49.5 Å². The Hall–Kier alpha value is -1.88. The molecule has 3 fully saturated rings. The number of rotatable bonds is 5. The van der Waals surface area contributed by atoms with Gasteiger partial charge in [0.2, 0.25) is 0 Å². The van der Waals surface area contributed by atoms with E-state index in [9.17, 15) is 9.59 Å². The molecule has 0 aromatic heterocycles. The summed E-state index contributed by atoms with van der Waals surface area (Å²) in [6.45, 7) is 8.57. The largest absolute Gasteiger partial charge is 0.497 e. The highest BCUT2D eigenvalue weighted by atomic mass is 16.5. The molecule has 1 saturated carbocycles. The van der Waals surface area contributed by atoms with Crippen molar-refractivity contribution in [3.8, 4) is 5.75 Å². The Bertz CT molecular complexity index is 866. The fourth-order valence-electron chi connectivity index (χ4n) is 6.88. The summed E-state index contributed by atoms with van der Waals surface area (Å²) in [4.78, 5) is 28.9. The smallest absolute Gasteiger partial charge is 0.321 e. The van der Waals surface area contributed by atoms with Crippen LogP contribution in [0.1, 0.15) is 58.1 Å². The van der Waals surface area contributed by atoms with E-state index in [4.69, 9.17) is 9.47 Å². The summed E-state index contributed by atoms with van der Waals surface area (Å²) in [5.74, 6) is 0.552. The first-order valence-corrected chi connectivity index (χ1v) is 10.8. The molecule has 4 bridgehead atoms. The molecule has 5 rings (SSSR count). The minimum absolute atomic E-state index is 0.0194. The predicted molar refractivity (Wildman–Crippen MR) is 111 cm³/mol. The normalized spacial score (nSPS) is 37.7. The van der Waals surface area contributed by atoms with Crippen molar-refractivity contribution >= 4 is 11.8 Å². The first kappa shape index (κ1) is 20.4. The molecule has 0 N–H and O–H groups in total. The lowest BCUT2D eigenvalue weighted by Gasteiger charge is -2.71. The zero-order chi connectivity index (χ0) is 21.2. The number of ketones is 1. The van der Waals surface area contributed by atoms with Gasteiger partial charge in [-0.1, -0.05) is 26.8 Å². The fourth-order valence-corrected chi connectivity index (χ4v) is 6.88. The van der Waals surface area contributed by atoms with Gasteiger partial charge < -0.3 is 9.47 Å². The van der Waals surface area contributed by atoms with Crippen molar-refractivity contribution in [3.05, 3.63) is 29.3 Å². The van der Waals surface area contributed by atoms with Crippen LogP contribution in [0.25, 0.3) is 0 Å². The molecule has 1 aromatic carbocycles. The number of benzene rings is 1. The summed E-state index contributed by atoms with van der Waals surface area (Å²) in [6, 6.07) is 6.54. The van der Waals surface area contributed by atoms with Gasteiger partial charge >= 0.3 is 5.97 Å². The van der Waals surface area contributed by atoms with Crippen molar-refractivity contribution in [2.75, 3.05) is 20.8 Å². The summed E-state index contributed by atoms with van der Waals surface area (Å²) in [7, 11) is 3.79. The third kappa shape index (κ3) is 2.37. The van der Waals surface area contributed by atoms with Gasteiger partial charge in [0, 0.05) is 23.9 Å². The molecule has 5 atom stereocenters. The maximum atomic E-state index is 13.3. The molecule has 158 valence electrons. The van der Waals surface area contributed by atoms with Crippen LogP contribution >= 0.6 is 0 Å². The Morgan fingerprint density at radius 3 is 2.55 bits per heavy atom. The van der Waals surface area contributed by atoms with Crippen LogP contribution in [-0.2, 0) is 26.2 Å². The SMILES string of the molecule is CCOC(=O)C1(C(=O)CC)CC2(C)C3Cc4ccc(OC)cc4C2(C)CC1N3C. The van der Waals surface area contributed by atoms with E-state index < -0.39 is 5.41 Å². The van der Waals surface area contributed by atoms with Crippen LogP contribution in [0, 0.1) is 10.8 Å². The average molecular weight is 400 g/mol. The maximum absolute atomic E-state index is 13.3. The number of ether oxygens (including phenoxy) is 2. The van der Waals surface area contributed by atoms with Crippen LogP contribution in [0.4, 0.5) is 0 Å². The topological polar surface area (TPSA) is 55.8 Å². The lowest BCUT2D eigenvalue weighted by Crippen LogP contribution is -2.78. The number of esters is 1. The Labute approximate surface area is 173 Å².